The molecule has 0 aliphatic heterocycles. The summed E-state index contributed by atoms with van der Waals surface area (Å²) in [6.07, 6.45) is -1.28. The number of aromatic hydroxyl groups is 1. The fourth-order valence-electron chi connectivity index (χ4n) is 3.60. The lowest BCUT2D eigenvalue weighted by molar-refractivity contribution is -0.143. The molecule has 0 saturated carbocycles. The van der Waals surface area contributed by atoms with Crippen molar-refractivity contribution in [2.45, 2.75) is 76.5 Å². The number of carboxylic acid groups (broad SMARTS) is 2. The third-order valence-corrected chi connectivity index (χ3v) is 5.65. The van der Waals surface area contributed by atoms with Gasteiger partial charge >= 0.3 is 11.9 Å². The predicted molar refractivity (Wildman–Crippen MR) is 138 cm³/mol. The molecular weight excluding hydrogens is 514 g/mol. The lowest BCUT2D eigenvalue weighted by Crippen LogP contribution is -2.57. The van der Waals surface area contributed by atoms with E-state index >= 15 is 0 Å². The molecule has 0 fully saturated rings. The molecule has 1 rings (SSSR count). The van der Waals surface area contributed by atoms with Gasteiger partial charge in [0.05, 0.1) is 6.04 Å². The molecule has 4 unspecified atom stereocenters. The summed E-state index contributed by atoms with van der Waals surface area (Å²) >= 11 is 0. The highest BCUT2D eigenvalue weighted by molar-refractivity contribution is 5.94. The van der Waals surface area contributed by atoms with E-state index in [0.29, 0.717) is 12.0 Å². The monoisotopic (exact) mass is 551 g/mol. The van der Waals surface area contributed by atoms with Crippen LogP contribution in [0.3, 0.4) is 0 Å². The SMILES string of the molecule is CC(C)CC(N)C(=O)NC(Cc1ccc(O)cc1)C(=O)NC(CCC(N)=O)C(=O)NC(CCC(=O)O)C(=O)O. The largest absolute Gasteiger partial charge is 0.508 e. The predicted octanol–water partition coefficient (Wildman–Crippen LogP) is -1.02. The van der Waals surface area contributed by atoms with Crippen LogP contribution < -0.4 is 27.4 Å². The normalized spacial score (nSPS) is 13.9. The Morgan fingerprint density at radius 1 is 0.795 bits per heavy atom. The minimum atomic E-state index is -1.57. The zero-order chi connectivity index (χ0) is 29.7. The highest BCUT2D eigenvalue weighted by Gasteiger charge is 2.31. The lowest BCUT2D eigenvalue weighted by atomic mass is 10.0. The molecule has 0 aliphatic carbocycles. The average Bonchev–Trinajstić information content (AvgIpc) is 2.83. The van der Waals surface area contributed by atoms with Crippen LogP contribution in [-0.4, -0.2) is 75.1 Å². The minimum Gasteiger partial charge on any atom is -0.508 e. The second-order valence-electron chi connectivity index (χ2n) is 9.57. The molecule has 4 atom stereocenters. The van der Waals surface area contributed by atoms with Gasteiger partial charge in [-0.15, -0.1) is 0 Å². The molecule has 0 aliphatic rings. The zero-order valence-electron chi connectivity index (χ0n) is 21.9. The maximum absolute atomic E-state index is 13.3. The van der Waals surface area contributed by atoms with E-state index in [1.807, 2.05) is 13.8 Å². The molecule has 0 heterocycles. The summed E-state index contributed by atoms with van der Waals surface area (Å²) < 4.78 is 0. The van der Waals surface area contributed by atoms with E-state index in [4.69, 9.17) is 16.6 Å². The van der Waals surface area contributed by atoms with E-state index in [-0.39, 0.29) is 30.9 Å². The number of benzene rings is 1. The van der Waals surface area contributed by atoms with Crippen LogP contribution in [0.15, 0.2) is 24.3 Å². The van der Waals surface area contributed by atoms with Gasteiger partial charge in [0.1, 0.15) is 23.9 Å². The van der Waals surface area contributed by atoms with Gasteiger partial charge in [-0.2, -0.15) is 0 Å². The Balaban J connectivity index is 3.16. The Morgan fingerprint density at radius 3 is 1.82 bits per heavy atom. The van der Waals surface area contributed by atoms with E-state index in [2.05, 4.69) is 16.0 Å². The summed E-state index contributed by atoms with van der Waals surface area (Å²) in [5.74, 6) is -5.86. The Morgan fingerprint density at radius 2 is 1.31 bits per heavy atom. The number of carbonyl (C=O) groups excluding carboxylic acids is 4. The Labute approximate surface area is 225 Å². The topological polar surface area (TPSA) is 251 Å². The van der Waals surface area contributed by atoms with Crippen molar-refractivity contribution in [1.82, 2.24) is 16.0 Å². The van der Waals surface area contributed by atoms with Crippen LogP contribution in [0, 0.1) is 5.92 Å². The summed E-state index contributed by atoms with van der Waals surface area (Å²) in [5, 5.41) is 34.9. The number of primary amides is 1. The first-order chi connectivity index (χ1) is 18.2. The smallest absolute Gasteiger partial charge is 0.326 e. The number of hydrogen-bond donors (Lipinski definition) is 8. The third kappa shape index (κ3) is 12.7. The van der Waals surface area contributed by atoms with Crippen LogP contribution in [0.1, 0.15) is 51.5 Å². The lowest BCUT2D eigenvalue weighted by Gasteiger charge is -2.25. The molecule has 0 bridgehead atoms. The van der Waals surface area contributed by atoms with E-state index < -0.39 is 72.6 Å². The van der Waals surface area contributed by atoms with Crippen LogP contribution >= 0.6 is 0 Å². The number of aliphatic carboxylic acids is 2. The number of nitrogens with one attached hydrogen (secondary N) is 3. The molecule has 4 amide bonds. The van der Waals surface area contributed by atoms with Gasteiger partial charge in [-0.25, -0.2) is 4.79 Å². The number of phenolic OH excluding ortho intramolecular Hbond substituents is 1. The van der Waals surface area contributed by atoms with Gasteiger partial charge in [0.25, 0.3) is 0 Å². The fourth-order valence-corrected chi connectivity index (χ4v) is 3.60. The van der Waals surface area contributed by atoms with Gasteiger partial charge in [-0.3, -0.25) is 24.0 Å². The first kappa shape index (κ1) is 32.8. The maximum Gasteiger partial charge on any atom is 0.326 e. The van der Waals surface area contributed by atoms with Crippen LogP contribution in [0.4, 0.5) is 0 Å². The van der Waals surface area contributed by atoms with Gasteiger partial charge in [-0.1, -0.05) is 26.0 Å². The molecule has 10 N–H and O–H groups in total. The maximum atomic E-state index is 13.3. The highest BCUT2D eigenvalue weighted by atomic mass is 16.4. The molecule has 14 heteroatoms. The van der Waals surface area contributed by atoms with Gasteiger partial charge in [0.15, 0.2) is 0 Å². The Hall–Kier alpha value is -4.20. The highest BCUT2D eigenvalue weighted by Crippen LogP contribution is 2.13. The number of carboxylic acids is 2. The molecule has 14 nitrogen and oxygen atoms in total. The van der Waals surface area contributed by atoms with Crippen molar-refractivity contribution in [2.24, 2.45) is 17.4 Å². The number of carbonyl (C=O) groups is 6. The summed E-state index contributed by atoms with van der Waals surface area (Å²) in [6.45, 7) is 3.74. The second kappa shape index (κ2) is 15.9. The summed E-state index contributed by atoms with van der Waals surface area (Å²) in [5.41, 5.74) is 11.7. The van der Waals surface area contributed by atoms with Crippen molar-refractivity contribution < 1.29 is 44.1 Å². The first-order valence-corrected chi connectivity index (χ1v) is 12.4. The van der Waals surface area contributed by atoms with Crippen molar-refractivity contribution in [3.05, 3.63) is 29.8 Å². The average molecular weight is 552 g/mol. The number of nitrogens with two attached hydrogens (primary N) is 2. The fraction of sp³-hybridized carbons (Fsp3) is 0.520. The van der Waals surface area contributed by atoms with Gasteiger partial charge in [-0.05, 0) is 42.9 Å². The van der Waals surface area contributed by atoms with Crippen LogP contribution in [0.5, 0.6) is 5.75 Å². The van der Waals surface area contributed by atoms with Crippen LogP contribution in [0.25, 0.3) is 0 Å². The van der Waals surface area contributed by atoms with Crippen molar-refractivity contribution in [3.8, 4) is 5.75 Å². The Bertz CT molecular complexity index is 1030. The first-order valence-electron chi connectivity index (χ1n) is 12.4. The number of rotatable bonds is 17. The zero-order valence-corrected chi connectivity index (χ0v) is 21.9. The molecule has 0 radical (unpaired) electrons. The molecule has 0 aromatic heterocycles. The summed E-state index contributed by atoms with van der Waals surface area (Å²) in [6, 6.07) is 0.709. The molecule has 216 valence electrons. The summed E-state index contributed by atoms with van der Waals surface area (Å²) in [4.78, 5) is 72.6. The quantitative estimate of drug-likeness (QED) is 0.117. The van der Waals surface area contributed by atoms with E-state index in [1.54, 1.807) is 0 Å². The van der Waals surface area contributed by atoms with Crippen molar-refractivity contribution in [2.75, 3.05) is 0 Å². The van der Waals surface area contributed by atoms with Crippen molar-refractivity contribution in [1.29, 1.82) is 0 Å². The van der Waals surface area contributed by atoms with E-state index in [9.17, 15) is 39.0 Å². The molecule has 0 saturated heterocycles. The van der Waals surface area contributed by atoms with Gasteiger partial charge < -0.3 is 42.7 Å². The summed E-state index contributed by atoms with van der Waals surface area (Å²) in [7, 11) is 0. The number of phenols is 1. The molecule has 1 aromatic carbocycles. The standard InChI is InChI=1S/C25H37N5O9/c1-13(2)11-16(26)22(35)30-19(12-14-3-5-15(31)6-4-14)24(37)28-17(7-9-20(27)32)23(36)29-18(25(38)39)8-10-21(33)34/h3-6,13,16-19,31H,7-12,26H2,1-2H3,(H2,27,32)(H,28,37)(H,29,36)(H,30,35)(H,33,34)(H,38,39). The molecule has 1 aromatic rings. The van der Waals surface area contributed by atoms with E-state index in [0.717, 1.165) is 0 Å². The second-order valence-corrected chi connectivity index (χ2v) is 9.57. The number of amides is 4. The number of hydrogen-bond acceptors (Lipinski definition) is 8. The molecular formula is C25H37N5O9. The van der Waals surface area contributed by atoms with Gasteiger partial charge in [0, 0.05) is 19.3 Å². The third-order valence-electron chi connectivity index (χ3n) is 5.65. The Kier molecular flexibility index (Phi) is 13.4. The molecule has 39 heavy (non-hydrogen) atoms. The van der Waals surface area contributed by atoms with Crippen LogP contribution in [0.2, 0.25) is 0 Å². The van der Waals surface area contributed by atoms with Crippen molar-refractivity contribution >= 4 is 35.6 Å². The minimum absolute atomic E-state index is 0.0122. The van der Waals surface area contributed by atoms with Crippen molar-refractivity contribution in [3.63, 3.8) is 0 Å². The van der Waals surface area contributed by atoms with Gasteiger partial charge in [0.2, 0.25) is 23.6 Å². The van der Waals surface area contributed by atoms with E-state index in [1.165, 1.54) is 24.3 Å². The molecule has 0 spiro atoms. The van der Waals surface area contributed by atoms with Crippen LogP contribution in [-0.2, 0) is 35.2 Å².